The van der Waals surface area contributed by atoms with E-state index < -0.39 is 0 Å². The highest BCUT2D eigenvalue weighted by Gasteiger charge is 2.24. The second-order valence-electron chi connectivity index (χ2n) is 11.3. The van der Waals surface area contributed by atoms with Gasteiger partial charge in [0.15, 0.2) is 5.82 Å². The Morgan fingerprint density at radius 3 is 2.37 bits per heavy atom. The maximum absolute atomic E-state index is 12.2. The molecule has 3 rings (SSSR count). The normalized spacial score (nSPS) is 16.1. The number of likely N-dealkylation sites (tertiary alicyclic amines) is 1. The molecule has 1 aromatic carbocycles. The minimum absolute atomic E-state index is 0.180. The van der Waals surface area contributed by atoms with Crippen LogP contribution in [0, 0.1) is 19.8 Å². The summed E-state index contributed by atoms with van der Waals surface area (Å²) in [5, 5.41) is 0. The SMILES string of the molecule is CCC/C(=C(\c1cc(C2CCN(CC(=O)N(C)C)CC2)ccc1C)C(C)C)c1cnc(N=C(C)N)cc1C. The summed E-state index contributed by atoms with van der Waals surface area (Å²) in [6.07, 6.45) is 6.20. The molecule has 1 saturated heterocycles. The molecule has 6 nitrogen and oxygen atoms in total. The van der Waals surface area contributed by atoms with E-state index in [1.54, 1.807) is 11.8 Å². The molecule has 1 aromatic heterocycles. The predicted octanol–water partition coefficient (Wildman–Crippen LogP) is 6.34. The summed E-state index contributed by atoms with van der Waals surface area (Å²) in [5.41, 5.74) is 15.0. The Kier molecular flexibility index (Phi) is 10.3. The number of benzene rings is 1. The van der Waals surface area contributed by atoms with E-state index in [1.807, 2.05) is 26.4 Å². The first-order valence-corrected chi connectivity index (χ1v) is 14.1. The third-order valence-electron chi connectivity index (χ3n) is 7.58. The van der Waals surface area contributed by atoms with Crippen LogP contribution >= 0.6 is 0 Å². The first-order chi connectivity index (χ1) is 18.0. The Balaban J connectivity index is 1.99. The van der Waals surface area contributed by atoms with Crippen LogP contribution in [-0.2, 0) is 4.79 Å². The number of nitrogens with zero attached hydrogens (tertiary/aromatic N) is 4. The predicted molar refractivity (Wildman–Crippen MR) is 161 cm³/mol. The molecule has 0 spiro atoms. The number of aromatic nitrogens is 1. The number of rotatable bonds is 9. The number of likely N-dealkylation sites (N-methyl/N-ethyl adjacent to an activating group) is 1. The van der Waals surface area contributed by atoms with Crippen LogP contribution < -0.4 is 5.73 Å². The van der Waals surface area contributed by atoms with Crippen LogP contribution in [0.5, 0.6) is 0 Å². The molecule has 1 fully saturated rings. The van der Waals surface area contributed by atoms with E-state index >= 15 is 0 Å². The fourth-order valence-corrected chi connectivity index (χ4v) is 5.53. The van der Waals surface area contributed by atoms with Gasteiger partial charge in [-0.15, -0.1) is 0 Å². The number of aliphatic imine (C=N–C) groups is 1. The number of aryl methyl sites for hydroxylation is 2. The second-order valence-corrected chi connectivity index (χ2v) is 11.3. The summed E-state index contributed by atoms with van der Waals surface area (Å²) >= 11 is 0. The van der Waals surface area contributed by atoms with Crippen LogP contribution in [0.1, 0.15) is 87.1 Å². The fraction of sp³-hybridized carbons (Fsp3) is 0.531. The van der Waals surface area contributed by atoms with E-state index in [0.29, 0.717) is 30.0 Å². The van der Waals surface area contributed by atoms with Crippen molar-refractivity contribution in [2.24, 2.45) is 16.6 Å². The van der Waals surface area contributed by atoms with E-state index in [1.165, 1.54) is 39.0 Å². The largest absolute Gasteiger partial charge is 0.387 e. The number of carbonyl (C=O) groups is 1. The Bertz CT molecular complexity index is 1180. The van der Waals surface area contributed by atoms with Gasteiger partial charge >= 0.3 is 0 Å². The number of hydrogen-bond donors (Lipinski definition) is 1. The van der Waals surface area contributed by atoms with Crippen LogP contribution in [0.15, 0.2) is 35.5 Å². The quantitative estimate of drug-likeness (QED) is 0.311. The monoisotopic (exact) mass is 517 g/mol. The van der Waals surface area contributed by atoms with Gasteiger partial charge in [-0.1, -0.05) is 45.4 Å². The number of pyridine rings is 1. The van der Waals surface area contributed by atoms with Crippen molar-refractivity contribution in [1.29, 1.82) is 0 Å². The summed E-state index contributed by atoms with van der Waals surface area (Å²) in [7, 11) is 3.66. The lowest BCUT2D eigenvalue weighted by Gasteiger charge is -2.33. The number of hydrogen-bond acceptors (Lipinski definition) is 4. The van der Waals surface area contributed by atoms with Gasteiger partial charge < -0.3 is 10.6 Å². The standard InChI is InChI=1S/C32H47N5O/c1-9-10-27(29-19-34-30(17-23(29)5)35-24(6)33)32(21(2)3)28-18-26(12-11-22(28)4)25-13-15-37(16-14-25)20-31(38)36(7)8/h11-12,17-19,21,25H,9-10,13-16,20H2,1-8H3,(H2,33,34,35)/b32-27+. The van der Waals surface area contributed by atoms with Crippen molar-refractivity contribution in [3.63, 3.8) is 0 Å². The van der Waals surface area contributed by atoms with E-state index in [4.69, 9.17) is 5.73 Å². The average Bonchev–Trinajstić information content (AvgIpc) is 2.85. The van der Waals surface area contributed by atoms with Crippen LogP contribution in [0.4, 0.5) is 5.82 Å². The van der Waals surface area contributed by atoms with Crippen molar-refractivity contribution in [3.05, 3.63) is 58.3 Å². The molecule has 0 unspecified atom stereocenters. The van der Waals surface area contributed by atoms with E-state index in [-0.39, 0.29) is 5.91 Å². The summed E-state index contributed by atoms with van der Waals surface area (Å²) in [6.45, 7) is 15.4. The molecule has 0 bridgehead atoms. The van der Waals surface area contributed by atoms with Gasteiger partial charge in [-0.2, -0.15) is 0 Å². The zero-order chi connectivity index (χ0) is 28.0. The molecule has 0 atom stereocenters. The molecule has 1 amide bonds. The average molecular weight is 518 g/mol. The number of nitrogens with two attached hydrogens (primary N) is 1. The number of amidine groups is 1. The lowest BCUT2D eigenvalue weighted by Crippen LogP contribution is -2.40. The van der Waals surface area contributed by atoms with Gasteiger partial charge in [0, 0.05) is 20.3 Å². The minimum atomic E-state index is 0.180. The Hall–Kier alpha value is -2.99. The van der Waals surface area contributed by atoms with Crippen molar-refractivity contribution in [3.8, 4) is 0 Å². The number of carbonyl (C=O) groups excluding carboxylic acids is 1. The fourth-order valence-electron chi connectivity index (χ4n) is 5.53. The molecule has 6 heteroatoms. The van der Waals surface area contributed by atoms with Gasteiger partial charge in [0.1, 0.15) is 0 Å². The second kappa shape index (κ2) is 13.2. The van der Waals surface area contributed by atoms with Crippen LogP contribution in [0.25, 0.3) is 11.1 Å². The summed E-state index contributed by atoms with van der Waals surface area (Å²) in [4.78, 5) is 25.1. The molecule has 1 aliphatic rings. The molecular formula is C32H47N5O. The number of allylic oxidation sites excluding steroid dienone is 2. The van der Waals surface area contributed by atoms with Gasteiger partial charge in [0.25, 0.3) is 0 Å². The van der Waals surface area contributed by atoms with Gasteiger partial charge in [0.05, 0.1) is 12.4 Å². The van der Waals surface area contributed by atoms with Crippen LogP contribution in [-0.4, -0.2) is 60.3 Å². The zero-order valence-electron chi connectivity index (χ0n) is 24.8. The molecule has 1 aliphatic heterocycles. The third kappa shape index (κ3) is 7.31. The van der Waals surface area contributed by atoms with Gasteiger partial charge in [-0.3, -0.25) is 9.69 Å². The molecule has 2 aromatic rings. The molecule has 0 radical (unpaired) electrons. The lowest BCUT2D eigenvalue weighted by atomic mass is 9.80. The Morgan fingerprint density at radius 2 is 1.82 bits per heavy atom. The molecule has 0 aliphatic carbocycles. The molecule has 0 saturated carbocycles. The summed E-state index contributed by atoms with van der Waals surface area (Å²) in [5.74, 6) is 2.24. The first-order valence-electron chi connectivity index (χ1n) is 14.1. The topological polar surface area (TPSA) is 74.8 Å². The van der Waals surface area contributed by atoms with Gasteiger partial charge in [-0.25, -0.2) is 9.98 Å². The first kappa shape index (κ1) is 29.6. The Morgan fingerprint density at radius 1 is 1.13 bits per heavy atom. The maximum Gasteiger partial charge on any atom is 0.236 e. The van der Waals surface area contributed by atoms with Crippen LogP contribution in [0.2, 0.25) is 0 Å². The zero-order valence-corrected chi connectivity index (χ0v) is 24.8. The Labute approximate surface area is 230 Å². The van der Waals surface area contributed by atoms with Crippen LogP contribution in [0.3, 0.4) is 0 Å². The third-order valence-corrected chi connectivity index (χ3v) is 7.58. The molecule has 38 heavy (non-hydrogen) atoms. The number of piperidine rings is 1. The summed E-state index contributed by atoms with van der Waals surface area (Å²) < 4.78 is 0. The molecule has 2 heterocycles. The van der Waals surface area contributed by atoms with Gasteiger partial charge in [0.2, 0.25) is 5.91 Å². The maximum atomic E-state index is 12.2. The highest BCUT2D eigenvalue weighted by atomic mass is 16.2. The van der Waals surface area contributed by atoms with Gasteiger partial charge in [-0.05, 0) is 110 Å². The smallest absolute Gasteiger partial charge is 0.236 e. The van der Waals surface area contributed by atoms with E-state index in [0.717, 1.165) is 38.8 Å². The van der Waals surface area contributed by atoms with E-state index in [9.17, 15) is 4.79 Å². The molecule has 206 valence electrons. The molecule has 2 N–H and O–H groups in total. The van der Waals surface area contributed by atoms with Crippen molar-refractivity contribution < 1.29 is 4.79 Å². The highest BCUT2D eigenvalue weighted by molar-refractivity contribution is 5.93. The van der Waals surface area contributed by atoms with Crippen molar-refractivity contribution >= 4 is 28.7 Å². The lowest BCUT2D eigenvalue weighted by molar-refractivity contribution is -0.130. The highest BCUT2D eigenvalue weighted by Crippen LogP contribution is 2.40. The summed E-state index contributed by atoms with van der Waals surface area (Å²) in [6, 6.07) is 9.10. The number of amides is 1. The molecular weight excluding hydrogens is 470 g/mol. The van der Waals surface area contributed by atoms with Crippen molar-refractivity contribution in [2.45, 2.75) is 73.1 Å². The van der Waals surface area contributed by atoms with E-state index in [2.05, 4.69) is 67.7 Å². The van der Waals surface area contributed by atoms with Crippen molar-refractivity contribution in [1.82, 2.24) is 14.8 Å². The van der Waals surface area contributed by atoms with Crippen molar-refractivity contribution in [2.75, 3.05) is 33.7 Å². The minimum Gasteiger partial charge on any atom is -0.387 e.